The summed E-state index contributed by atoms with van der Waals surface area (Å²) in [7, 11) is 0. The highest BCUT2D eigenvalue weighted by Crippen LogP contribution is 2.28. The van der Waals surface area contributed by atoms with Gasteiger partial charge in [-0.05, 0) is 25.5 Å². The summed E-state index contributed by atoms with van der Waals surface area (Å²) in [6.07, 6.45) is 8.80. The number of aliphatic hydroxyl groups is 1. The number of thioether (sulfide) groups is 1. The Morgan fingerprint density at radius 2 is 2.44 bits per heavy atom. The number of nitrogens with zero attached hydrogens (tertiary/aromatic N) is 3. The third-order valence-electron chi connectivity index (χ3n) is 3.43. The maximum atomic E-state index is 8.76. The minimum Gasteiger partial charge on any atom is -0.396 e. The molecule has 0 aliphatic heterocycles. The van der Waals surface area contributed by atoms with Crippen molar-refractivity contribution in [1.29, 1.82) is 0 Å². The average molecular weight is 270 g/mol. The van der Waals surface area contributed by atoms with Crippen LogP contribution in [0.2, 0.25) is 0 Å². The molecule has 5 nitrogen and oxygen atoms in total. The van der Waals surface area contributed by atoms with Crippen LogP contribution in [0, 0.1) is 0 Å². The molecule has 6 heteroatoms. The van der Waals surface area contributed by atoms with Gasteiger partial charge in [0, 0.05) is 37.2 Å². The minimum absolute atomic E-state index is 0.199. The molecule has 1 saturated carbocycles. The Hall–Kier alpha value is -0.590. The summed E-state index contributed by atoms with van der Waals surface area (Å²) in [5.41, 5.74) is 0.986. The van der Waals surface area contributed by atoms with Gasteiger partial charge in [-0.3, -0.25) is 4.68 Å². The number of nitrogens with one attached hydrogen (secondary N) is 1. The lowest BCUT2D eigenvalue weighted by Gasteiger charge is -2.18. The summed E-state index contributed by atoms with van der Waals surface area (Å²) < 4.78 is 1.80. The van der Waals surface area contributed by atoms with Crippen molar-refractivity contribution < 1.29 is 5.11 Å². The number of aryl methyl sites for hydroxylation is 1. The van der Waals surface area contributed by atoms with E-state index in [4.69, 9.17) is 5.11 Å². The second-order valence-corrected chi connectivity index (χ2v) is 5.82. The maximum Gasteiger partial charge on any atom is 0.0964 e. The number of aliphatic hydroxyl groups excluding tert-OH is 1. The molecule has 0 radical (unpaired) electrons. The SMILES string of the molecule is CSC1CCCC1NCc1cn(CCCO)nn1. The van der Waals surface area contributed by atoms with Gasteiger partial charge in [0.25, 0.3) is 0 Å². The Balaban J connectivity index is 1.77. The highest BCUT2D eigenvalue weighted by atomic mass is 32.2. The molecule has 0 spiro atoms. The molecule has 0 saturated heterocycles. The Morgan fingerprint density at radius 1 is 1.56 bits per heavy atom. The first-order valence-electron chi connectivity index (χ1n) is 6.59. The third kappa shape index (κ3) is 3.70. The normalized spacial score (nSPS) is 23.7. The molecule has 2 unspecified atom stereocenters. The fourth-order valence-corrected chi connectivity index (χ4v) is 3.40. The van der Waals surface area contributed by atoms with Crippen LogP contribution in [-0.4, -0.2) is 44.3 Å². The second-order valence-electron chi connectivity index (χ2n) is 4.74. The quantitative estimate of drug-likeness (QED) is 0.775. The van der Waals surface area contributed by atoms with E-state index in [9.17, 15) is 0 Å². The smallest absolute Gasteiger partial charge is 0.0964 e. The lowest BCUT2D eigenvalue weighted by atomic mass is 10.2. The van der Waals surface area contributed by atoms with E-state index >= 15 is 0 Å². The van der Waals surface area contributed by atoms with Crippen LogP contribution in [0.25, 0.3) is 0 Å². The molecular weight excluding hydrogens is 248 g/mol. The van der Waals surface area contributed by atoms with Crippen LogP contribution < -0.4 is 5.32 Å². The zero-order valence-electron chi connectivity index (χ0n) is 10.9. The first kappa shape index (κ1) is 13.8. The van der Waals surface area contributed by atoms with Crippen LogP contribution in [0.1, 0.15) is 31.4 Å². The maximum absolute atomic E-state index is 8.76. The largest absolute Gasteiger partial charge is 0.396 e. The molecule has 1 aliphatic rings. The zero-order valence-corrected chi connectivity index (χ0v) is 11.7. The molecular formula is C12H22N4OS. The van der Waals surface area contributed by atoms with Crippen molar-refractivity contribution in [2.75, 3.05) is 12.9 Å². The van der Waals surface area contributed by atoms with Crippen LogP contribution in [-0.2, 0) is 13.1 Å². The van der Waals surface area contributed by atoms with Gasteiger partial charge in [0.2, 0.25) is 0 Å². The van der Waals surface area contributed by atoms with Gasteiger partial charge in [-0.15, -0.1) is 5.10 Å². The molecule has 102 valence electrons. The highest BCUT2D eigenvalue weighted by Gasteiger charge is 2.25. The number of rotatable bonds is 7. The van der Waals surface area contributed by atoms with Crippen LogP contribution in [0.5, 0.6) is 0 Å². The average Bonchev–Trinajstić information content (AvgIpc) is 3.02. The zero-order chi connectivity index (χ0) is 12.8. The van der Waals surface area contributed by atoms with Crippen LogP contribution >= 0.6 is 11.8 Å². The van der Waals surface area contributed by atoms with E-state index in [1.54, 1.807) is 4.68 Å². The molecule has 2 N–H and O–H groups in total. The molecule has 0 aromatic carbocycles. The topological polar surface area (TPSA) is 63.0 Å². The van der Waals surface area contributed by atoms with Crippen molar-refractivity contribution in [1.82, 2.24) is 20.3 Å². The van der Waals surface area contributed by atoms with E-state index in [1.807, 2.05) is 18.0 Å². The fraction of sp³-hybridized carbons (Fsp3) is 0.833. The summed E-state index contributed by atoms with van der Waals surface area (Å²) >= 11 is 1.96. The summed E-state index contributed by atoms with van der Waals surface area (Å²) in [6, 6.07) is 0.614. The molecule has 2 rings (SSSR count). The van der Waals surface area contributed by atoms with E-state index in [0.717, 1.165) is 30.5 Å². The number of hydrogen-bond donors (Lipinski definition) is 2. The first-order valence-corrected chi connectivity index (χ1v) is 7.88. The van der Waals surface area contributed by atoms with Gasteiger partial charge in [0.15, 0.2) is 0 Å². The van der Waals surface area contributed by atoms with Crippen molar-refractivity contribution in [2.45, 2.75) is 50.1 Å². The fourth-order valence-electron chi connectivity index (χ4n) is 2.44. The summed E-state index contributed by atoms with van der Waals surface area (Å²) in [4.78, 5) is 0. The molecule has 1 fully saturated rings. The number of aromatic nitrogens is 3. The lowest BCUT2D eigenvalue weighted by Crippen LogP contribution is -2.33. The van der Waals surface area contributed by atoms with Crippen LogP contribution in [0.4, 0.5) is 0 Å². The standard InChI is InChI=1S/C12H22N4OS/c1-18-12-5-2-4-11(12)13-8-10-9-16(15-14-10)6-3-7-17/h9,11-13,17H,2-8H2,1H3. The van der Waals surface area contributed by atoms with E-state index in [1.165, 1.54) is 19.3 Å². The van der Waals surface area contributed by atoms with Crippen molar-refractivity contribution in [3.8, 4) is 0 Å². The second kappa shape index (κ2) is 7.11. The van der Waals surface area contributed by atoms with Crippen molar-refractivity contribution in [2.24, 2.45) is 0 Å². The van der Waals surface area contributed by atoms with Crippen molar-refractivity contribution in [3.05, 3.63) is 11.9 Å². The van der Waals surface area contributed by atoms with Gasteiger partial charge in [0.1, 0.15) is 0 Å². The molecule has 1 heterocycles. The molecule has 2 atom stereocenters. The monoisotopic (exact) mass is 270 g/mol. The van der Waals surface area contributed by atoms with Crippen molar-refractivity contribution >= 4 is 11.8 Å². The van der Waals surface area contributed by atoms with Crippen LogP contribution in [0.15, 0.2) is 6.20 Å². The van der Waals surface area contributed by atoms with E-state index in [-0.39, 0.29) is 6.61 Å². The van der Waals surface area contributed by atoms with Crippen molar-refractivity contribution in [3.63, 3.8) is 0 Å². The van der Waals surface area contributed by atoms with Gasteiger partial charge >= 0.3 is 0 Å². The van der Waals surface area contributed by atoms with Crippen LogP contribution in [0.3, 0.4) is 0 Å². The molecule has 0 bridgehead atoms. The Kier molecular flexibility index (Phi) is 5.46. The summed E-state index contributed by atoms with van der Waals surface area (Å²) in [5.74, 6) is 0. The van der Waals surface area contributed by atoms with Gasteiger partial charge < -0.3 is 10.4 Å². The van der Waals surface area contributed by atoms with E-state index in [2.05, 4.69) is 21.9 Å². The highest BCUT2D eigenvalue weighted by molar-refractivity contribution is 7.99. The van der Waals surface area contributed by atoms with E-state index < -0.39 is 0 Å². The summed E-state index contributed by atoms with van der Waals surface area (Å²) in [6.45, 7) is 1.73. The molecule has 1 aromatic rings. The van der Waals surface area contributed by atoms with Gasteiger partial charge in [-0.2, -0.15) is 11.8 Å². The molecule has 1 aliphatic carbocycles. The predicted molar refractivity (Wildman–Crippen MR) is 73.5 cm³/mol. The molecule has 1 aromatic heterocycles. The first-order chi connectivity index (χ1) is 8.83. The van der Waals surface area contributed by atoms with Gasteiger partial charge in [0.05, 0.1) is 5.69 Å². The lowest BCUT2D eigenvalue weighted by molar-refractivity contribution is 0.276. The third-order valence-corrected chi connectivity index (χ3v) is 4.60. The summed E-state index contributed by atoms with van der Waals surface area (Å²) in [5, 5.41) is 21.3. The van der Waals surface area contributed by atoms with Gasteiger partial charge in [-0.1, -0.05) is 11.6 Å². The van der Waals surface area contributed by atoms with Gasteiger partial charge in [-0.25, -0.2) is 0 Å². The minimum atomic E-state index is 0.199. The Morgan fingerprint density at radius 3 is 3.22 bits per heavy atom. The van der Waals surface area contributed by atoms with E-state index in [0.29, 0.717) is 6.04 Å². The molecule has 0 amide bonds. The predicted octanol–water partition coefficient (Wildman–Crippen LogP) is 1.03. The Labute approximate surface area is 112 Å². The molecule has 18 heavy (non-hydrogen) atoms. The Bertz CT molecular complexity index is 358. The number of hydrogen-bond acceptors (Lipinski definition) is 5.